The Morgan fingerprint density at radius 2 is 2.13 bits per heavy atom. The molecule has 8 heteroatoms. The first kappa shape index (κ1) is 19.9. The summed E-state index contributed by atoms with van der Waals surface area (Å²) >= 11 is 0. The number of pyridine rings is 2. The van der Waals surface area contributed by atoms with Crippen LogP contribution in [0.25, 0.3) is 16.7 Å². The Morgan fingerprint density at radius 3 is 2.93 bits per heavy atom. The summed E-state index contributed by atoms with van der Waals surface area (Å²) in [5, 5.41) is 3.47. The standard InChI is InChI=1S/C22H25N5O3/c1-3-15-5-4-7-26(14-15)21(28)17-9-16-6-8-27(20(16)24-11-17)19-10-18(12-23-13-19)25-22(29)30-2/h6,8-13,15H,3-5,7,14H2,1-2H3,(H,25,29). The number of nitrogens with zero attached hydrogens (tertiary/aromatic N) is 4. The minimum absolute atomic E-state index is 0.0428. The SMILES string of the molecule is CCC1CCCN(C(=O)c2cnc3c(ccn3-c3cncc(NC(=O)OC)c3)c2)C1. The molecule has 1 atom stereocenters. The Bertz CT molecular complexity index is 1080. The minimum atomic E-state index is -0.560. The van der Waals surface area contributed by atoms with Crippen molar-refractivity contribution >= 4 is 28.7 Å². The highest BCUT2D eigenvalue weighted by molar-refractivity contribution is 5.97. The molecule has 4 rings (SSSR count). The molecule has 1 aliphatic rings. The van der Waals surface area contributed by atoms with Gasteiger partial charge in [-0.2, -0.15) is 0 Å². The Labute approximate surface area is 174 Å². The van der Waals surface area contributed by atoms with Crippen LogP contribution >= 0.6 is 0 Å². The summed E-state index contributed by atoms with van der Waals surface area (Å²) in [5.74, 6) is 0.625. The molecule has 3 aromatic rings. The summed E-state index contributed by atoms with van der Waals surface area (Å²) in [6, 6.07) is 5.59. The van der Waals surface area contributed by atoms with E-state index in [0.717, 1.165) is 37.0 Å². The summed E-state index contributed by atoms with van der Waals surface area (Å²) in [7, 11) is 1.31. The fourth-order valence-electron chi connectivity index (χ4n) is 3.91. The number of anilines is 1. The van der Waals surface area contributed by atoms with E-state index < -0.39 is 6.09 Å². The van der Waals surface area contributed by atoms with E-state index in [4.69, 9.17) is 0 Å². The molecule has 0 saturated carbocycles. The van der Waals surface area contributed by atoms with Gasteiger partial charge in [-0.25, -0.2) is 9.78 Å². The lowest BCUT2D eigenvalue weighted by atomic mass is 9.95. The second-order valence-corrected chi connectivity index (χ2v) is 7.54. The number of methoxy groups -OCH3 is 1. The van der Waals surface area contributed by atoms with Gasteiger partial charge in [-0.3, -0.25) is 19.7 Å². The Balaban J connectivity index is 1.59. The number of hydrogen-bond acceptors (Lipinski definition) is 5. The topological polar surface area (TPSA) is 89.4 Å². The fourth-order valence-corrected chi connectivity index (χ4v) is 3.91. The van der Waals surface area contributed by atoms with E-state index >= 15 is 0 Å². The smallest absolute Gasteiger partial charge is 0.411 e. The lowest BCUT2D eigenvalue weighted by Crippen LogP contribution is -2.39. The highest BCUT2D eigenvalue weighted by Crippen LogP contribution is 2.24. The maximum atomic E-state index is 13.0. The number of nitrogens with one attached hydrogen (secondary N) is 1. The lowest BCUT2D eigenvalue weighted by Gasteiger charge is -2.32. The normalized spacial score (nSPS) is 16.5. The van der Waals surface area contributed by atoms with Crippen molar-refractivity contribution in [2.45, 2.75) is 26.2 Å². The van der Waals surface area contributed by atoms with Gasteiger partial charge in [0.25, 0.3) is 5.91 Å². The predicted octanol–water partition coefficient (Wildman–Crippen LogP) is 3.86. The van der Waals surface area contributed by atoms with Gasteiger partial charge >= 0.3 is 6.09 Å². The van der Waals surface area contributed by atoms with Crippen LogP contribution in [0.4, 0.5) is 10.5 Å². The van der Waals surface area contributed by atoms with E-state index in [1.54, 1.807) is 24.7 Å². The number of carbonyl (C=O) groups is 2. The molecule has 2 amide bonds. The van der Waals surface area contributed by atoms with Crippen LogP contribution in [-0.4, -0.2) is 51.6 Å². The molecule has 1 aliphatic heterocycles. The van der Waals surface area contributed by atoms with Gasteiger partial charge in [-0.1, -0.05) is 13.3 Å². The number of aromatic nitrogens is 3. The third kappa shape index (κ3) is 3.98. The predicted molar refractivity (Wildman–Crippen MR) is 114 cm³/mol. The molecule has 1 N–H and O–H groups in total. The van der Waals surface area contributed by atoms with Crippen molar-refractivity contribution in [3.05, 3.63) is 48.5 Å². The maximum absolute atomic E-state index is 13.0. The Morgan fingerprint density at radius 1 is 1.27 bits per heavy atom. The fraction of sp³-hybridized carbons (Fsp3) is 0.364. The monoisotopic (exact) mass is 407 g/mol. The van der Waals surface area contributed by atoms with Crippen molar-refractivity contribution < 1.29 is 14.3 Å². The number of amides is 2. The van der Waals surface area contributed by atoms with E-state index in [1.165, 1.54) is 13.5 Å². The molecule has 0 bridgehead atoms. The van der Waals surface area contributed by atoms with Crippen molar-refractivity contribution in [2.75, 3.05) is 25.5 Å². The average Bonchev–Trinajstić information content (AvgIpc) is 3.22. The Hall–Kier alpha value is -3.42. The summed E-state index contributed by atoms with van der Waals surface area (Å²) < 4.78 is 6.49. The van der Waals surface area contributed by atoms with Crippen molar-refractivity contribution in [3.8, 4) is 5.69 Å². The van der Waals surface area contributed by atoms with E-state index in [0.29, 0.717) is 22.8 Å². The zero-order valence-electron chi connectivity index (χ0n) is 17.2. The van der Waals surface area contributed by atoms with Gasteiger partial charge in [0.2, 0.25) is 0 Å². The van der Waals surface area contributed by atoms with Gasteiger partial charge in [0, 0.05) is 30.9 Å². The zero-order valence-corrected chi connectivity index (χ0v) is 17.2. The highest BCUT2D eigenvalue weighted by Gasteiger charge is 2.24. The van der Waals surface area contributed by atoms with Crippen LogP contribution in [0.1, 0.15) is 36.5 Å². The van der Waals surface area contributed by atoms with E-state index in [-0.39, 0.29) is 5.91 Å². The van der Waals surface area contributed by atoms with Gasteiger partial charge < -0.3 is 9.64 Å². The lowest BCUT2D eigenvalue weighted by molar-refractivity contribution is 0.0671. The number of hydrogen-bond donors (Lipinski definition) is 1. The van der Waals surface area contributed by atoms with Crippen molar-refractivity contribution in [2.24, 2.45) is 5.92 Å². The molecule has 8 nitrogen and oxygen atoms in total. The van der Waals surface area contributed by atoms with Gasteiger partial charge in [-0.15, -0.1) is 0 Å². The second-order valence-electron chi connectivity index (χ2n) is 7.54. The first-order valence-electron chi connectivity index (χ1n) is 10.2. The molecule has 1 unspecified atom stereocenters. The largest absolute Gasteiger partial charge is 0.453 e. The molecule has 156 valence electrons. The van der Waals surface area contributed by atoms with Crippen LogP contribution in [0.3, 0.4) is 0 Å². The third-order valence-corrected chi connectivity index (χ3v) is 5.59. The van der Waals surface area contributed by atoms with Crippen molar-refractivity contribution in [1.82, 2.24) is 19.4 Å². The summed E-state index contributed by atoms with van der Waals surface area (Å²) in [6.07, 6.45) is 9.52. The van der Waals surface area contributed by atoms with Crippen molar-refractivity contribution in [1.29, 1.82) is 0 Å². The first-order valence-corrected chi connectivity index (χ1v) is 10.2. The number of ether oxygens (including phenoxy) is 1. The zero-order chi connectivity index (χ0) is 21.1. The van der Waals surface area contributed by atoms with Crippen LogP contribution in [0.5, 0.6) is 0 Å². The Kier molecular flexibility index (Phi) is 5.65. The molecule has 1 fully saturated rings. The summed E-state index contributed by atoms with van der Waals surface area (Å²) in [4.78, 5) is 35.1. The molecule has 0 spiro atoms. The van der Waals surface area contributed by atoms with Gasteiger partial charge in [0.15, 0.2) is 0 Å². The number of carbonyl (C=O) groups excluding carboxylic acids is 2. The molecule has 0 radical (unpaired) electrons. The van der Waals surface area contributed by atoms with Gasteiger partial charge in [0.1, 0.15) is 5.65 Å². The molecule has 3 aromatic heterocycles. The average molecular weight is 407 g/mol. The van der Waals surface area contributed by atoms with Gasteiger partial charge in [-0.05, 0) is 37.0 Å². The second kappa shape index (κ2) is 8.52. The van der Waals surface area contributed by atoms with Crippen LogP contribution in [0.2, 0.25) is 0 Å². The van der Waals surface area contributed by atoms with Crippen LogP contribution in [-0.2, 0) is 4.74 Å². The summed E-state index contributed by atoms with van der Waals surface area (Å²) in [6.45, 7) is 3.81. The molecular weight excluding hydrogens is 382 g/mol. The molecule has 30 heavy (non-hydrogen) atoms. The van der Waals surface area contributed by atoms with Gasteiger partial charge in [0.05, 0.1) is 36.4 Å². The minimum Gasteiger partial charge on any atom is -0.453 e. The number of piperidine rings is 1. The van der Waals surface area contributed by atoms with Crippen LogP contribution in [0, 0.1) is 5.92 Å². The molecular formula is C22H25N5O3. The third-order valence-electron chi connectivity index (χ3n) is 5.59. The first-order chi connectivity index (χ1) is 14.6. The molecule has 1 saturated heterocycles. The van der Waals surface area contributed by atoms with Crippen molar-refractivity contribution in [3.63, 3.8) is 0 Å². The molecule has 0 aromatic carbocycles. The highest BCUT2D eigenvalue weighted by atomic mass is 16.5. The molecule has 0 aliphatic carbocycles. The van der Waals surface area contributed by atoms with E-state index in [2.05, 4.69) is 26.9 Å². The van der Waals surface area contributed by atoms with Crippen LogP contribution < -0.4 is 5.32 Å². The number of rotatable bonds is 4. The van der Waals surface area contributed by atoms with E-state index in [1.807, 2.05) is 27.8 Å². The van der Waals surface area contributed by atoms with E-state index in [9.17, 15) is 9.59 Å². The summed E-state index contributed by atoms with van der Waals surface area (Å²) in [5.41, 5.74) is 2.58. The maximum Gasteiger partial charge on any atom is 0.411 e. The quantitative estimate of drug-likeness (QED) is 0.709. The number of likely N-dealkylation sites (tertiary alicyclic amines) is 1. The number of fused-ring (bicyclic) bond motifs is 1. The van der Waals surface area contributed by atoms with Crippen LogP contribution in [0.15, 0.2) is 43.0 Å². The molecule has 4 heterocycles.